The molecule has 0 bridgehead atoms. The quantitative estimate of drug-likeness (QED) is 0.781. The van der Waals surface area contributed by atoms with Crippen LogP contribution in [0.1, 0.15) is 11.6 Å². The summed E-state index contributed by atoms with van der Waals surface area (Å²) in [5.74, 6) is -0.281. The molecule has 0 aliphatic carbocycles. The summed E-state index contributed by atoms with van der Waals surface area (Å²) in [6, 6.07) is 2.46. The van der Waals surface area contributed by atoms with Gasteiger partial charge >= 0.3 is 0 Å². The summed E-state index contributed by atoms with van der Waals surface area (Å²) < 4.78 is 13.8. The maximum absolute atomic E-state index is 13.5. The number of aromatic hydroxyl groups is 1. The average Bonchev–Trinajstić information content (AvgIpc) is 2.37. The van der Waals surface area contributed by atoms with Gasteiger partial charge in [-0.2, -0.15) is 0 Å². The Hall–Kier alpha value is -0.330. The van der Waals surface area contributed by atoms with Crippen molar-refractivity contribution in [2.75, 3.05) is 26.2 Å². The first kappa shape index (κ1) is 19.7. The van der Waals surface area contributed by atoms with E-state index in [1.807, 2.05) is 0 Å². The van der Waals surface area contributed by atoms with E-state index in [1.165, 1.54) is 12.1 Å². The lowest BCUT2D eigenvalue weighted by atomic mass is 10.0. The second kappa shape index (κ2) is 8.85. The van der Waals surface area contributed by atoms with E-state index >= 15 is 0 Å². The molecule has 1 saturated heterocycles. The molecule has 3 nitrogen and oxygen atoms in total. The lowest BCUT2D eigenvalue weighted by Crippen LogP contribution is -2.44. The topological polar surface area (TPSA) is 35.5 Å². The van der Waals surface area contributed by atoms with Crippen LogP contribution in [0.2, 0.25) is 0 Å². The molecule has 0 saturated carbocycles. The van der Waals surface area contributed by atoms with Gasteiger partial charge in [0.25, 0.3) is 0 Å². The fourth-order valence-corrected chi connectivity index (χ4v) is 2.69. The number of rotatable bonds is 3. The molecule has 0 unspecified atom stereocenters. The monoisotopic (exact) mass is 386 g/mol. The standard InChI is InChI=1S/C13H16BrFN2O.2ClH/c1-2-12(17-5-3-16-4-6-17)10-7-9(15)8-11(14)13(10)18;;/h2,7-8,12,16,18H,1,3-6H2;2*1H/t12-;;/m1../s1. The molecule has 1 atom stereocenters. The van der Waals surface area contributed by atoms with Gasteiger partial charge in [0.2, 0.25) is 0 Å². The van der Waals surface area contributed by atoms with Crippen LogP contribution < -0.4 is 5.32 Å². The summed E-state index contributed by atoms with van der Waals surface area (Å²) in [5.41, 5.74) is 0.554. The van der Waals surface area contributed by atoms with Gasteiger partial charge in [-0.25, -0.2) is 4.39 Å². The molecule has 1 aromatic rings. The molecule has 2 rings (SSSR count). The number of phenols is 1. The van der Waals surface area contributed by atoms with Gasteiger partial charge in [0.1, 0.15) is 11.6 Å². The number of benzene rings is 1. The maximum Gasteiger partial charge on any atom is 0.135 e. The van der Waals surface area contributed by atoms with Crippen molar-refractivity contribution in [3.05, 3.63) is 40.6 Å². The minimum atomic E-state index is -0.364. The van der Waals surface area contributed by atoms with E-state index in [4.69, 9.17) is 0 Å². The molecule has 1 aliphatic heterocycles. The minimum Gasteiger partial charge on any atom is -0.506 e. The Kier molecular flexibility index (Phi) is 8.70. The van der Waals surface area contributed by atoms with Gasteiger partial charge in [0.15, 0.2) is 0 Å². The Morgan fingerprint density at radius 1 is 1.35 bits per heavy atom. The number of nitrogens with one attached hydrogen (secondary N) is 1. The van der Waals surface area contributed by atoms with Gasteiger partial charge in [0, 0.05) is 31.7 Å². The summed E-state index contributed by atoms with van der Waals surface area (Å²) in [6.45, 7) is 7.29. The summed E-state index contributed by atoms with van der Waals surface area (Å²) in [7, 11) is 0. The highest BCUT2D eigenvalue weighted by molar-refractivity contribution is 9.10. The van der Waals surface area contributed by atoms with Crippen LogP contribution in [0.3, 0.4) is 0 Å². The number of piperazine rings is 1. The zero-order chi connectivity index (χ0) is 13.1. The molecule has 0 aromatic heterocycles. The van der Waals surface area contributed by atoms with E-state index in [2.05, 4.69) is 32.7 Å². The Morgan fingerprint density at radius 2 is 1.95 bits per heavy atom. The third-order valence-corrected chi connectivity index (χ3v) is 3.75. The minimum absolute atomic E-state index is 0. The molecular formula is C13H18BrCl2FN2O. The van der Waals surface area contributed by atoms with Gasteiger partial charge in [-0.3, -0.25) is 4.90 Å². The highest BCUT2D eigenvalue weighted by Crippen LogP contribution is 2.36. The summed E-state index contributed by atoms with van der Waals surface area (Å²) in [4.78, 5) is 2.17. The van der Waals surface area contributed by atoms with Gasteiger partial charge in [0.05, 0.1) is 10.5 Å². The Balaban J connectivity index is 0.00000180. The van der Waals surface area contributed by atoms with Crippen molar-refractivity contribution in [2.24, 2.45) is 0 Å². The molecule has 0 radical (unpaired) electrons. The predicted molar refractivity (Wildman–Crippen MR) is 87.6 cm³/mol. The molecule has 7 heteroatoms. The van der Waals surface area contributed by atoms with Crippen molar-refractivity contribution < 1.29 is 9.50 Å². The third-order valence-electron chi connectivity index (χ3n) is 3.14. The normalized spacial score (nSPS) is 16.7. The van der Waals surface area contributed by atoms with Gasteiger partial charge in [-0.15, -0.1) is 31.4 Å². The summed E-state index contributed by atoms with van der Waals surface area (Å²) in [6.07, 6.45) is 1.74. The molecule has 1 fully saturated rings. The first-order chi connectivity index (χ1) is 8.63. The highest BCUT2D eigenvalue weighted by atomic mass is 79.9. The van der Waals surface area contributed by atoms with E-state index < -0.39 is 0 Å². The van der Waals surface area contributed by atoms with Crippen LogP contribution >= 0.6 is 40.7 Å². The second-order valence-corrected chi connectivity index (χ2v) is 5.15. The van der Waals surface area contributed by atoms with Crippen molar-refractivity contribution in [3.63, 3.8) is 0 Å². The molecule has 0 spiro atoms. The number of hydrogen-bond donors (Lipinski definition) is 2. The number of halogens is 4. The molecule has 1 aliphatic rings. The van der Waals surface area contributed by atoms with Crippen molar-refractivity contribution >= 4 is 40.7 Å². The highest BCUT2D eigenvalue weighted by Gasteiger charge is 2.23. The average molecular weight is 388 g/mol. The SMILES string of the molecule is C=C[C@H](c1cc(F)cc(Br)c1O)N1CCNCC1.Cl.Cl. The van der Waals surface area contributed by atoms with E-state index in [9.17, 15) is 9.50 Å². The molecule has 114 valence electrons. The van der Waals surface area contributed by atoms with Crippen molar-refractivity contribution in [2.45, 2.75) is 6.04 Å². The third kappa shape index (κ3) is 4.33. The Morgan fingerprint density at radius 3 is 2.50 bits per heavy atom. The summed E-state index contributed by atoms with van der Waals surface area (Å²) in [5, 5.41) is 13.3. The van der Waals surface area contributed by atoms with Crippen LogP contribution in [0.15, 0.2) is 29.3 Å². The zero-order valence-electron chi connectivity index (χ0n) is 10.8. The first-order valence-corrected chi connectivity index (χ1v) is 6.68. The van der Waals surface area contributed by atoms with Crippen LogP contribution in [-0.2, 0) is 0 Å². The van der Waals surface area contributed by atoms with Crippen molar-refractivity contribution in [3.8, 4) is 5.75 Å². The van der Waals surface area contributed by atoms with Gasteiger partial charge < -0.3 is 10.4 Å². The molecular weight excluding hydrogens is 370 g/mol. The molecule has 0 amide bonds. The molecule has 1 aromatic carbocycles. The maximum atomic E-state index is 13.5. The first-order valence-electron chi connectivity index (χ1n) is 5.88. The number of phenolic OH excluding ortho intramolecular Hbond substituents is 1. The predicted octanol–water partition coefficient (Wildman–Crippen LogP) is 3.27. The van der Waals surface area contributed by atoms with E-state index in [1.54, 1.807) is 6.08 Å². The second-order valence-electron chi connectivity index (χ2n) is 4.29. The molecule has 20 heavy (non-hydrogen) atoms. The van der Waals surface area contributed by atoms with Gasteiger partial charge in [-0.05, 0) is 28.1 Å². The molecule has 2 N–H and O–H groups in total. The fourth-order valence-electron chi connectivity index (χ4n) is 2.24. The number of nitrogens with zero attached hydrogens (tertiary/aromatic N) is 1. The van der Waals surface area contributed by atoms with Crippen LogP contribution in [0.25, 0.3) is 0 Å². The van der Waals surface area contributed by atoms with Gasteiger partial charge in [-0.1, -0.05) is 6.08 Å². The molecule has 1 heterocycles. The lowest BCUT2D eigenvalue weighted by Gasteiger charge is -2.33. The largest absolute Gasteiger partial charge is 0.506 e. The Bertz CT molecular complexity index is 456. The number of hydrogen-bond acceptors (Lipinski definition) is 3. The van der Waals surface area contributed by atoms with E-state index in [0.29, 0.717) is 10.0 Å². The van der Waals surface area contributed by atoms with Crippen molar-refractivity contribution in [1.29, 1.82) is 0 Å². The fraction of sp³-hybridized carbons (Fsp3) is 0.385. The zero-order valence-corrected chi connectivity index (χ0v) is 14.0. The van der Waals surface area contributed by atoms with E-state index in [0.717, 1.165) is 26.2 Å². The van der Waals surface area contributed by atoms with Crippen LogP contribution in [0.4, 0.5) is 4.39 Å². The summed E-state index contributed by atoms with van der Waals surface area (Å²) >= 11 is 3.16. The van der Waals surface area contributed by atoms with Crippen LogP contribution in [0, 0.1) is 5.82 Å². The van der Waals surface area contributed by atoms with Crippen LogP contribution in [-0.4, -0.2) is 36.2 Å². The Labute approximate surface area is 139 Å². The van der Waals surface area contributed by atoms with Crippen molar-refractivity contribution in [1.82, 2.24) is 10.2 Å². The van der Waals surface area contributed by atoms with Crippen LogP contribution in [0.5, 0.6) is 5.75 Å². The smallest absolute Gasteiger partial charge is 0.135 e. The van der Waals surface area contributed by atoms with E-state index in [-0.39, 0.29) is 42.4 Å². The lowest BCUT2D eigenvalue weighted by molar-refractivity contribution is 0.200.